The third-order valence-corrected chi connectivity index (χ3v) is 3.56. The largest absolute Gasteiger partial charge is 0.748 e. The molecule has 1 heterocycles. The van der Waals surface area contributed by atoms with E-state index in [0.29, 0.717) is 11.3 Å². The van der Waals surface area contributed by atoms with Crippen LogP contribution in [0, 0.1) is 6.92 Å². The number of phenols is 1. The van der Waals surface area contributed by atoms with Crippen LogP contribution in [0.2, 0.25) is 0 Å². The van der Waals surface area contributed by atoms with Gasteiger partial charge in [0.2, 0.25) is 0 Å². The second-order valence-electron chi connectivity index (χ2n) is 5.22. The average molecular weight is 360 g/mol. The first-order chi connectivity index (χ1) is 11.2. The fraction of sp³-hybridized carbons (Fsp3) is 0.0500. The van der Waals surface area contributed by atoms with E-state index in [4.69, 9.17) is 4.42 Å². The zero-order chi connectivity index (χ0) is 16.2. The van der Waals surface area contributed by atoms with Crippen LogP contribution in [-0.2, 0) is 17.1 Å². The summed E-state index contributed by atoms with van der Waals surface area (Å²) in [5, 5.41) is 9.98. The van der Waals surface area contributed by atoms with Gasteiger partial charge in [-0.1, -0.05) is 11.6 Å². The first-order valence-electron chi connectivity index (χ1n) is 7.32. The molecule has 0 aliphatic heterocycles. The molecule has 0 fully saturated rings. The number of fused-ring (bicyclic) bond motifs is 1. The molecule has 0 atom stereocenters. The number of aryl methyl sites for hydroxylation is 1. The van der Waals surface area contributed by atoms with Crippen LogP contribution in [0.3, 0.4) is 0 Å². The molecule has 0 bridgehead atoms. The van der Waals surface area contributed by atoms with Crippen LogP contribution in [-0.4, -0.2) is 5.11 Å². The van der Waals surface area contributed by atoms with Crippen molar-refractivity contribution in [2.45, 2.75) is 6.92 Å². The SMILES string of the molecule is Cc1ccc(O)c2c(=O)cc(-[c-]3cccc3)oc12.[Fe].[cH-]1[cH-][cH-][cH-][cH-]1. The summed E-state index contributed by atoms with van der Waals surface area (Å²) in [6, 6.07) is 22.2. The van der Waals surface area contributed by atoms with E-state index in [1.165, 1.54) is 12.1 Å². The van der Waals surface area contributed by atoms with Crippen LogP contribution < -0.4 is 5.43 Å². The molecule has 0 spiro atoms. The number of hydrogen-bond acceptors (Lipinski definition) is 3. The molecule has 4 heteroatoms. The average Bonchev–Trinajstić information content (AvgIpc) is 3.26. The normalized spacial score (nSPS) is 9.88. The van der Waals surface area contributed by atoms with E-state index in [2.05, 4.69) is 0 Å². The van der Waals surface area contributed by atoms with Crippen LogP contribution in [0.15, 0.2) is 82.0 Å². The Labute approximate surface area is 150 Å². The van der Waals surface area contributed by atoms with Gasteiger partial charge in [0.05, 0.1) is 11.1 Å². The summed E-state index contributed by atoms with van der Waals surface area (Å²) in [6.45, 7) is 1.85. The Bertz CT molecular complexity index is 931. The van der Waals surface area contributed by atoms with Gasteiger partial charge in [0.1, 0.15) is 11.3 Å². The smallest absolute Gasteiger partial charge is 0.157 e. The molecule has 0 amide bonds. The number of aromatic hydroxyl groups is 1. The van der Waals surface area contributed by atoms with E-state index in [1.54, 1.807) is 6.07 Å². The van der Waals surface area contributed by atoms with Crippen molar-refractivity contribution in [3.63, 3.8) is 0 Å². The minimum Gasteiger partial charge on any atom is -0.748 e. The molecule has 0 aliphatic rings. The third kappa shape index (κ3) is 3.67. The fourth-order valence-corrected chi connectivity index (χ4v) is 2.38. The zero-order valence-electron chi connectivity index (χ0n) is 13.0. The monoisotopic (exact) mass is 360 g/mol. The molecule has 3 nitrogen and oxygen atoms in total. The van der Waals surface area contributed by atoms with Crippen molar-refractivity contribution in [3.8, 4) is 17.1 Å². The first kappa shape index (κ1) is 17.8. The van der Waals surface area contributed by atoms with E-state index in [9.17, 15) is 9.90 Å². The molecule has 0 saturated heterocycles. The van der Waals surface area contributed by atoms with Crippen LogP contribution in [0.1, 0.15) is 5.56 Å². The molecule has 128 valence electrons. The van der Waals surface area contributed by atoms with Gasteiger partial charge in [-0.2, -0.15) is 12.1 Å². The predicted octanol–water partition coefficient (Wildman–Crippen LogP) is 4.60. The van der Waals surface area contributed by atoms with E-state index in [1.807, 2.05) is 61.5 Å². The molecule has 0 saturated carbocycles. The van der Waals surface area contributed by atoms with Crippen molar-refractivity contribution in [2.75, 3.05) is 0 Å². The van der Waals surface area contributed by atoms with Gasteiger partial charge in [0, 0.05) is 17.1 Å². The molecule has 1 N–H and O–H groups in total. The van der Waals surface area contributed by atoms with E-state index >= 15 is 0 Å². The van der Waals surface area contributed by atoms with Crippen LogP contribution in [0.25, 0.3) is 22.3 Å². The van der Waals surface area contributed by atoms with Gasteiger partial charge in [0.25, 0.3) is 0 Å². The van der Waals surface area contributed by atoms with Gasteiger partial charge < -0.3 is 39.9 Å². The summed E-state index contributed by atoms with van der Waals surface area (Å²) in [7, 11) is 0. The van der Waals surface area contributed by atoms with Crippen LogP contribution >= 0.6 is 0 Å². The molecule has 24 heavy (non-hydrogen) atoms. The van der Waals surface area contributed by atoms with Gasteiger partial charge in [-0.3, -0.25) is 4.79 Å². The summed E-state index contributed by atoms with van der Waals surface area (Å²) in [5.41, 5.74) is 1.90. The zero-order valence-corrected chi connectivity index (χ0v) is 14.1. The Morgan fingerprint density at radius 1 is 1.04 bits per heavy atom. The topological polar surface area (TPSA) is 50.4 Å². The van der Waals surface area contributed by atoms with Crippen molar-refractivity contribution in [1.29, 1.82) is 0 Å². The molecule has 1 aromatic heterocycles. The Morgan fingerprint density at radius 3 is 2.21 bits per heavy atom. The van der Waals surface area contributed by atoms with Crippen molar-refractivity contribution < 1.29 is 26.6 Å². The molecule has 0 unspecified atom stereocenters. The molecule has 0 aliphatic carbocycles. The van der Waals surface area contributed by atoms with E-state index in [-0.39, 0.29) is 33.6 Å². The maximum absolute atomic E-state index is 12.0. The second kappa shape index (κ2) is 7.82. The van der Waals surface area contributed by atoms with Crippen molar-refractivity contribution >= 4 is 11.0 Å². The van der Waals surface area contributed by atoms with Crippen LogP contribution in [0.5, 0.6) is 5.75 Å². The predicted molar refractivity (Wildman–Crippen MR) is 91.9 cm³/mol. The standard InChI is InChI=1S/C15H11O3.C5H5.Fe/c1-9-6-7-11(16)14-12(17)8-13(18-15(9)14)10-4-2-3-5-10;1-2-4-5-3-1;/h2-8,16H,1H3;1-5H;/q-1;-5;. The summed E-state index contributed by atoms with van der Waals surface area (Å²) in [4.78, 5) is 12.0. The molecular weight excluding hydrogens is 344 g/mol. The Hall–Kier alpha value is -2.55. The molecule has 4 aromatic rings. The summed E-state index contributed by atoms with van der Waals surface area (Å²) in [6.07, 6.45) is 0. The molecular formula is C20H16FeO3-6. The van der Waals surface area contributed by atoms with Crippen molar-refractivity contribution in [2.24, 2.45) is 0 Å². The number of rotatable bonds is 1. The summed E-state index contributed by atoms with van der Waals surface area (Å²) in [5.74, 6) is 0.476. The minimum absolute atomic E-state index is 0. The second-order valence-corrected chi connectivity index (χ2v) is 5.22. The number of benzene rings is 1. The van der Waals surface area contributed by atoms with Gasteiger partial charge in [0.15, 0.2) is 5.43 Å². The summed E-state index contributed by atoms with van der Waals surface area (Å²) < 4.78 is 5.74. The Kier molecular flexibility index (Phi) is 5.80. The minimum atomic E-state index is -0.228. The maximum atomic E-state index is 12.0. The molecule has 3 aromatic carbocycles. The molecule has 0 radical (unpaired) electrons. The Balaban J connectivity index is 0.000000300. The number of hydrogen-bond donors (Lipinski definition) is 1. The van der Waals surface area contributed by atoms with Crippen LogP contribution in [0.4, 0.5) is 0 Å². The van der Waals surface area contributed by atoms with Gasteiger partial charge in [-0.05, 0) is 24.6 Å². The van der Waals surface area contributed by atoms with E-state index in [0.717, 1.165) is 11.1 Å². The quantitative estimate of drug-likeness (QED) is 0.399. The van der Waals surface area contributed by atoms with E-state index < -0.39 is 0 Å². The van der Waals surface area contributed by atoms with Crippen molar-refractivity contribution in [3.05, 3.63) is 88.6 Å². The van der Waals surface area contributed by atoms with Crippen molar-refractivity contribution in [1.82, 2.24) is 0 Å². The Morgan fingerprint density at radius 2 is 1.62 bits per heavy atom. The summed E-state index contributed by atoms with van der Waals surface area (Å²) >= 11 is 0. The third-order valence-electron chi connectivity index (χ3n) is 3.56. The molecule has 4 rings (SSSR count). The van der Waals surface area contributed by atoms with Gasteiger partial charge >= 0.3 is 0 Å². The number of phenolic OH excluding ortho intramolecular Hbond substituents is 1. The van der Waals surface area contributed by atoms with Gasteiger partial charge in [-0.15, -0.1) is 12.1 Å². The van der Waals surface area contributed by atoms with Gasteiger partial charge in [-0.25, -0.2) is 0 Å². The maximum Gasteiger partial charge on any atom is 0.157 e. The first-order valence-corrected chi connectivity index (χ1v) is 7.32. The fourth-order valence-electron chi connectivity index (χ4n) is 2.38.